The molecule has 0 atom stereocenters. The third-order valence-corrected chi connectivity index (χ3v) is 7.35. The molecule has 8 nitrogen and oxygen atoms in total. The van der Waals surface area contributed by atoms with Crippen LogP contribution in [0.15, 0.2) is 75.6 Å². The minimum Gasteiger partial charge on any atom is -0.496 e. The molecule has 0 aliphatic rings. The number of aliphatic hydroxyl groups excluding tert-OH is 1. The van der Waals surface area contributed by atoms with Gasteiger partial charge in [-0.1, -0.05) is 55.9 Å². The molecule has 0 radical (unpaired) electrons. The lowest BCUT2D eigenvalue weighted by atomic mass is 10.2. The number of nitrogens with zero attached hydrogens (tertiary/aromatic N) is 3. The van der Waals surface area contributed by atoms with E-state index in [-0.39, 0.29) is 42.3 Å². The highest BCUT2D eigenvalue weighted by molar-refractivity contribution is 7.99. The van der Waals surface area contributed by atoms with Crippen molar-refractivity contribution in [3.63, 3.8) is 0 Å². The first kappa shape index (κ1) is 24.8. The molecule has 33 heavy (non-hydrogen) atoms. The number of aromatic nitrogens is 2. The Morgan fingerprint density at radius 3 is 2.42 bits per heavy atom. The van der Waals surface area contributed by atoms with Crippen LogP contribution in [0.2, 0.25) is 0 Å². The second-order valence-corrected chi connectivity index (χ2v) is 10.3. The molecule has 176 valence electrons. The molecule has 3 rings (SSSR count). The van der Waals surface area contributed by atoms with Gasteiger partial charge >= 0.3 is 0 Å². The monoisotopic (exact) mass is 489 g/mol. The Morgan fingerprint density at radius 1 is 1.06 bits per heavy atom. The molecule has 0 amide bonds. The van der Waals surface area contributed by atoms with Crippen LogP contribution in [0, 0.1) is 5.92 Å². The number of hydrogen-bond acceptors (Lipinski definition) is 8. The average molecular weight is 490 g/mol. The van der Waals surface area contributed by atoms with Gasteiger partial charge in [-0.15, -0.1) is 0 Å². The summed E-state index contributed by atoms with van der Waals surface area (Å²) in [6, 6.07) is 15.6. The number of anilines is 1. The summed E-state index contributed by atoms with van der Waals surface area (Å²) in [4.78, 5) is 9.91. The van der Waals surface area contributed by atoms with Gasteiger partial charge in [0.05, 0.1) is 23.5 Å². The SMILES string of the molecule is COc1ccccc1Sc1c(OCCO)ncnc1N(CC(C)C)S(=O)(=O)c1ccccc1. The number of benzene rings is 2. The van der Waals surface area contributed by atoms with Gasteiger partial charge in [-0.25, -0.2) is 22.7 Å². The van der Waals surface area contributed by atoms with Crippen LogP contribution in [-0.2, 0) is 10.0 Å². The molecule has 0 saturated carbocycles. The molecule has 0 unspecified atom stereocenters. The van der Waals surface area contributed by atoms with E-state index in [1.54, 1.807) is 37.4 Å². The van der Waals surface area contributed by atoms with E-state index in [0.29, 0.717) is 10.6 Å². The zero-order valence-electron chi connectivity index (χ0n) is 18.7. The number of aliphatic hydroxyl groups is 1. The third-order valence-electron chi connectivity index (χ3n) is 4.46. The van der Waals surface area contributed by atoms with Crippen LogP contribution >= 0.6 is 11.8 Å². The van der Waals surface area contributed by atoms with Gasteiger partial charge in [0.15, 0.2) is 5.82 Å². The van der Waals surface area contributed by atoms with Gasteiger partial charge in [0.1, 0.15) is 23.6 Å². The van der Waals surface area contributed by atoms with Crippen LogP contribution in [0.5, 0.6) is 11.6 Å². The Hall–Kier alpha value is -2.82. The van der Waals surface area contributed by atoms with Crippen molar-refractivity contribution in [2.24, 2.45) is 5.92 Å². The van der Waals surface area contributed by atoms with Gasteiger partial charge in [-0.05, 0) is 30.2 Å². The first-order chi connectivity index (χ1) is 15.9. The summed E-state index contributed by atoms with van der Waals surface area (Å²) >= 11 is 1.25. The topological polar surface area (TPSA) is 102 Å². The minimum atomic E-state index is -3.92. The van der Waals surface area contributed by atoms with E-state index in [2.05, 4.69) is 9.97 Å². The number of ether oxygens (including phenoxy) is 2. The first-order valence-electron chi connectivity index (χ1n) is 10.4. The minimum absolute atomic E-state index is 0.00551. The van der Waals surface area contributed by atoms with Crippen LogP contribution in [-0.4, -0.2) is 50.4 Å². The van der Waals surface area contributed by atoms with E-state index in [1.807, 2.05) is 38.1 Å². The maximum Gasteiger partial charge on any atom is 0.265 e. The fourth-order valence-electron chi connectivity index (χ4n) is 3.02. The molecule has 1 N–H and O–H groups in total. The van der Waals surface area contributed by atoms with Crippen molar-refractivity contribution in [3.05, 3.63) is 60.9 Å². The van der Waals surface area contributed by atoms with E-state index >= 15 is 0 Å². The number of sulfonamides is 1. The van der Waals surface area contributed by atoms with E-state index in [1.165, 1.54) is 22.4 Å². The Morgan fingerprint density at radius 2 is 1.76 bits per heavy atom. The van der Waals surface area contributed by atoms with Crippen LogP contribution in [0.4, 0.5) is 5.82 Å². The zero-order chi connectivity index (χ0) is 23.8. The first-order valence-corrected chi connectivity index (χ1v) is 12.6. The maximum atomic E-state index is 13.7. The van der Waals surface area contributed by atoms with Crippen molar-refractivity contribution in [2.75, 3.05) is 31.2 Å². The molecule has 0 aliphatic carbocycles. The third kappa shape index (κ3) is 5.95. The lowest BCUT2D eigenvalue weighted by Crippen LogP contribution is -2.35. The number of hydrogen-bond donors (Lipinski definition) is 1. The van der Waals surface area contributed by atoms with Gasteiger partial charge in [-0.3, -0.25) is 0 Å². The Labute approximate surface area is 198 Å². The predicted molar refractivity (Wildman–Crippen MR) is 128 cm³/mol. The second-order valence-electron chi connectivity index (χ2n) is 7.40. The molecule has 0 saturated heterocycles. The molecule has 1 heterocycles. The fourth-order valence-corrected chi connectivity index (χ4v) is 5.77. The lowest BCUT2D eigenvalue weighted by molar-refractivity contribution is 0.193. The lowest BCUT2D eigenvalue weighted by Gasteiger charge is -2.27. The molecular formula is C23H27N3O5S2. The summed E-state index contributed by atoms with van der Waals surface area (Å²) in [6.07, 6.45) is 1.27. The fraction of sp³-hybridized carbons (Fsp3) is 0.304. The summed E-state index contributed by atoms with van der Waals surface area (Å²) in [5.74, 6) is 1.02. The van der Waals surface area contributed by atoms with Gasteiger partial charge in [0.2, 0.25) is 5.88 Å². The van der Waals surface area contributed by atoms with Crippen molar-refractivity contribution in [2.45, 2.75) is 28.5 Å². The van der Waals surface area contributed by atoms with Gasteiger partial charge < -0.3 is 14.6 Å². The van der Waals surface area contributed by atoms with Gasteiger partial charge in [0, 0.05) is 6.54 Å². The molecule has 0 bridgehead atoms. The predicted octanol–water partition coefficient (Wildman–Crippen LogP) is 3.86. The molecule has 2 aromatic carbocycles. The number of rotatable bonds is 11. The Kier molecular flexibility index (Phi) is 8.54. The number of para-hydroxylation sites is 1. The standard InChI is InChI=1S/C23H27N3O5S2/c1-17(2)15-26(33(28,29)18-9-5-4-6-10-18)22-21(23(25-16-24-22)31-14-13-27)32-20-12-8-7-11-19(20)30-3/h4-12,16-17,27H,13-15H2,1-3H3. The van der Waals surface area contributed by atoms with Crippen LogP contribution < -0.4 is 13.8 Å². The molecule has 0 fully saturated rings. The quantitative estimate of drug-likeness (QED) is 0.433. The molecule has 1 aromatic heterocycles. The maximum absolute atomic E-state index is 13.7. The van der Waals surface area contributed by atoms with Gasteiger partial charge in [-0.2, -0.15) is 0 Å². The Balaban J connectivity index is 2.19. The van der Waals surface area contributed by atoms with E-state index in [9.17, 15) is 13.5 Å². The largest absolute Gasteiger partial charge is 0.496 e. The highest BCUT2D eigenvalue weighted by Crippen LogP contribution is 2.44. The highest BCUT2D eigenvalue weighted by atomic mass is 32.2. The summed E-state index contributed by atoms with van der Waals surface area (Å²) in [5, 5.41) is 9.26. The smallest absolute Gasteiger partial charge is 0.265 e. The number of methoxy groups -OCH3 is 1. The van der Waals surface area contributed by atoms with Crippen LogP contribution in [0.3, 0.4) is 0 Å². The average Bonchev–Trinajstić information content (AvgIpc) is 2.82. The van der Waals surface area contributed by atoms with E-state index in [0.717, 1.165) is 4.90 Å². The summed E-state index contributed by atoms with van der Waals surface area (Å²) in [6.45, 7) is 3.87. The summed E-state index contributed by atoms with van der Waals surface area (Å²) in [7, 11) is -2.36. The van der Waals surface area contributed by atoms with E-state index < -0.39 is 10.0 Å². The van der Waals surface area contributed by atoms with Crippen molar-refractivity contribution in [1.82, 2.24) is 9.97 Å². The van der Waals surface area contributed by atoms with E-state index in [4.69, 9.17) is 9.47 Å². The van der Waals surface area contributed by atoms with Crippen molar-refractivity contribution in [3.8, 4) is 11.6 Å². The molecule has 3 aromatic rings. The van der Waals surface area contributed by atoms with Crippen molar-refractivity contribution >= 4 is 27.6 Å². The Bertz CT molecular complexity index is 1160. The van der Waals surface area contributed by atoms with Crippen LogP contribution in [0.25, 0.3) is 0 Å². The molecule has 0 spiro atoms. The second kappa shape index (κ2) is 11.4. The van der Waals surface area contributed by atoms with Crippen LogP contribution in [0.1, 0.15) is 13.8 Å². The molecule has 10 heteroatoms. The van der Waals surface area contributed by atoms with Gasteiger partial charge in [0.25, 0.3) is 10.0 Å². The summed E-state index contributed by atoms with van der Waals surface area (Å²) < 4.78 is 39.8. The van der Waals surface area contributed by atoms with Crippen molar-refractivity contribution < 1.29 is 23.0 Å². The molecular weight excluding hydrogens is 462 g/mol. The normalized spacial score (nSPS) is 11.4. The highest BCUT2D eigenvalue weighted by Gasteiger charge is 2.31. The zero-order valence-corrected chi connectivity index (χ0v) is 20.3. The summed E-state index contributed by atoms with van der Waals surface area (Å²) in [5.41, 5.74) is 0. The molecule has 0 aliphatic heterocycles. The van der Waals surface area contributed by atoms with Crippen molar-refractivity contribution in [1.29, 1.82) is 0 Å².